The van der Waals surface area contributed by atoms with Crippen molar-refractivity contribution >= 4 is 5.97 Å². The molecule has 0 saturated carbocycles. The van der Waals surface area contributed by atoms with Gasteiger partial charge in [0.05, 0.1) is 12.5 Å². The third-order valence-corrected chi connectivity index (χ3v) is 4.20. The summed E-state index contributed by atoms with van der Waals surface area (Å²) in [6.07, 6.45) is 7.12. The van der Waals surface area contributed by atoms with Crippen LogP contribution < -0.4 is 4.74 Å². The van der Waals surface area contributed by atoms with Crippen LogP contribution in [0.25, 0.3) is 0 Å². The Balaban J connectivity index is 2.39. The topological polar surface area (TPSA) is 46.5 Å². The molecule has 3 nitrogen and oxygen atoms in total. The molecule has 0 bridgehead atoms. The summed E-state index contributed by atoms with van der Waals surface area (Å²) in [5, 5.41) is 9.46. The molecule has 1 heterocycles. The second kappa shape index (κ2) is 7.48. The van der Waals surface area contributed by atoms with Gasteiger partial charge in [0.2, 0.25) is 0 Å². The summed E-state index contributed by atoms with van der Waals surface area (Å²) in [5.74, 6) is -0.285. The van der Waals surface area contributed by atoms with E-state index in [-0.39, 0.29) is 0 Å². The molecule has 0 fully saturated rings. The van der Waals surface area contributed by atoms with Crippen LogP contribution in [0, 0.1) is 0 Å². The monoisotopic (exact) mass is 290 g/mol. The number of hydrogen-bond donors (Lipinski definition) is 1. The number of aryl methyl sites for hydroxylation is 2. The summed E-state index contributed by atoms with van der Waals surface area (Å²) in [7, 11) is 0. The first-order valence-electron chi connectivity index (χ1n) is 8.18. The van der Waals surface area contributed by atoms with Gasteiger partial charge in [-0.05, 0) is 43.2 Å². The third-order valence-electron chi connectivity index (χ3n) is 4.20. The molecule has 1 aromatic rings. The van der Waals surface area contributed by atoms with Crippen LogP contribution in [0.1, 0.15) is 68.6 Å². The molecule has 1 unspecified atom stereocenters. The molecule has 0 aliphatic carbocycles. The second-order valence-electron chi connectivity index (χ2n) is 5.91. The van der Waals surface area contributed by atoms with Crippen LogP contribution in [-0.4, -0.2) is 17.7 Å². The van der Waals surface area contributed by atoms with Crippen molar-refractivity contribution in [2.24, 2.45) is 0 Å². The molecule has 3 heteroatoms. The minimum atomic E-state index is -0.728. The summed E-state index contributed by atoms with van der Waals surface area (Å²) < 4.78 is 5.83. The lowest BCUT2D eigenvalue weighted by Gasteiger charge is -2.26. The summed E-state index contributed by atoms with van der Waals surface area (Å²) in [5.41, 5.74) is 3.36. The molecule has 0 aromatic heterocycles. The van der Waals surface area contributed by atoms with Crippen LogP contribution in [0.15, 0.2) is 12.1 Å². The fourth-order valence-electron chi connectivity index (χ4n) is 2.99. The molecular formula is C18H26O3. The molecule has 0 radical (unpaired) electrons. The molecule has 1 N–H and O–H groups in total. The molecule has 116 valence electrons. The van der Waals surface area contributed by atoms with Gasteiger partial charge in [-0.1, -0.05) is 38.8 Å². The quantitative estimate of drug-likeness (QED) is 0.813. The molecule has 0 saturated heterocycles. The predicted molar refractivity (Wildman–Crippen MR) is 84.2 cm³/mol. The lowest BCUT2D eigenvalue weighted by Crippen LogP contribution is -2.22. The molecule has 1 aromatic carbocycles. The number of carboxylic acids is 1. The summed E-state index contributed by atoms with van der Waals surface area (Å²) in [6, 6.07) is 4.30. The van der Waals surface area contributed by atoms with Gasteiger partial charge in [-0.15, -0.1) is 0 Å². The Hall–Kier alpha value is -1.51. The van der Waals surface area contributed by atoms with Crippen LogP contribution in [0.2, 0.25) is 0 Å². The predicted octanol–water partition coefficient (Wildman–Crippen LogP) is 4.32. The van der Waals surface area contributed by atoms with Crippen molar-refractivity contribution in [1.82, 2.24) is 0 Å². The average Bonchev–Trinajstić information content (AvgIpc) is 2.49. The minimum absolute atomic E-state index is 0.407. The number of aliphatic carboxylic acids is 1. The lowest BCUT2D eigenvalue weighted by molar-refractivity contribution is -0.139. The van der Waals surface area contributed by atoms with Gasteiger partial charge in [0.15, 0.2) is 0 Å². The Morgan fingerprint density at radius 2 is 1.95 bits per heavy atom. The highest BCUT2D eigenvalue weighted by Crippen LogP contribution is 2.38. The van der Waals surface area contributed by atoms with E-state index in [2.05, 4.69) is 26.0 Å². The Kier molecular flexibility index (Phi) is 5.66. The number of fused-ring (bicyclic) bond motifs is 1. The number of carboxylic acid groups (broad SMARTS) is 1. The van der Waals surface area contributed by atoms with Gasteiger partial charge >= 0.3 is 5.97 Å². The van der Waals surface area contributed by atoms with Crippen molar-refractivity contribution in [2.75, 3.05) is 6.61 Å². The van der Waals surface area contributed by atoms with E-state index in [4.69, 9.17) is 4.74 Å². The van der Waals surface area contributed by atoms with Crippen molar-refractivity contribution in [3.8, 4) is 5.75 Å². The molecule has 1 aliphatic rings. The summed E-state index contributed by atoms with van der Waals surface area (Å²) in [4.78, 5) is 11.5. The molecule has 2 rings (SSSR count). The number of ether oxygens (including phenoxy) is 1. The highest BCUT2D eigenvalue weighted by molar-refractivity contribution is 5.78. The maximum Gasteiger partial charge on any atom is 0.311 e. The number of hydrogen-bond acceptors (Lipinski definition) is 2. The van der Waals surface area contributed by atoms with E-state index < -0.39 is 11.9 Å². The van der Waals surface area contributed by atoms with Gasteiger partial charge < -0.3 is 9.84 Å². The molecule has 1 atom stereocenters. The Morgan fingerprint density at radius 1 is 1.24 bits per heavy atom. The average molecular weight is 290 g/mol. The normalized spacial score (nSPS) is 17.1. The van der Waals surface area contributed by atoms with Crippen LogP contribution in [-0.2, 0) is 17.6 Å². The van der Waals surface area contributed by atoms with Gasteiger partial charge in [0.25, 0.3) is 0 Å². The van der Waals surface area contributed by atoms with Crippen molar-refractivity contribution in [3.63, 3.8) is 0 Å². The van der Waals surface area contributed by atoms with Crippen molar-refractivity contribution in [3.05, 3.63) is 28.8 Å². The molecule has 0 spiro atoms. The smallest absolute Gasteiger partial charge is 0.311 e. The van der Waals surface area contributed by atoms with E-state index in [9.17, 15) is 9.90 Å². The fraction of sp³-hybridized carbons (Fsp3) is 0.611. The number of unbranched alkanes of at least 4 members (excludes halogenated alkanes) is 2. The van der Waals surface area contributed by atoms with E-state index in [0.717, 1.165) is 49.8 Å². The maximum absolute atomic E-state index is 11.5. The molecule has 21 heavy (non-hydrogen) atoms. The van der Waals surface area contributed by atoms with E-state index in [1.165, 1.54) is 11.1 Å². The number of benzene rings is 1. The minimum Gasteiger partial charge on any atom is -0.493 e. The van der Waals surface area contributed by atoms with Crippen molar-refractivity contribution in [1.29, 1.82) is 0 Å². The van der Waals surface area contributed by atoms with Gasteiger partial charge in [0.1, 0.15) is 5.75 Å². The SMILES string of the molecule is CCCCc1cc(CCCC)c2c(c1)C(C(=O)O)CCO2. The van der Waals surface area contributed by atoms with E-state index in [0.29, 0.717) is 13.0 Å². The zero-order valence-corrected chi connectivity index (χ0v) is 13.2. The highest BCUT2D eigenvalue weighted by Gasteiger charge is 2.29. The zero-order chi connectivity index (χ0) is 15.2. The van der Waals surface area contributed by atoms with Crippen LogP contribution in [0.5, 0.6) is 5.75 Å². The van der Waals surface area contributed by atoms with E-state index >= 15 is 0 Å². The second-order valence-corrected chi connectivity index (χ2v) is 5.91. The molecule has 1 aliphatic heterocycles. The van der Waals surface area contributed by atoms with Crippen LogP contribution >= 0.6 is 0 Å². The van der Waals surface area contributed by atoms with Gasteiger partial charge in [0, 0.05) is 5.56 Å². The van der Waals surface area contributed by atoms with Crippen LogP contribution in [0.4, 0.5) is 0 Å². The highest BCUT2D eigenvalue weighted by atomic mass is 16.5. The summed E-state index contributed by atoms with van der Waals surface area (Å²) >= 11 is 0. The first kappa shape index (κ1) is 15.9. The van der Waals surface area contributed by atoms with Crippen LogP contribution in [0.3, 0.4) is 0 Å². The Bertz CT molecular complexity index is 493. The number of carbonyl (C=O) groups is 1. The Morgan fingerprint density at radius 3 is 2.62 bits per heavy atom. The fourth-order valence-corrected chi connectivity index (χ4v) is 2.99. The van der Waals surface area contributed by atoms with E-state index in [1.54, 1.807) is 0 Å². The molecular weight excluding hydrogens is 264 g/mol. The largest absolute Gasteiger partial charge is 0.493 e. The molecule has 0 amide bonds. The Labute approximate surface area is 127 Å². The lowest BCUT2D eigenvalue weighted by atomic mass is 9.87. The zero-order valence-electron chi connectivity index (χ0n) is 13.2. The van der Waals surface area contributed by atoms with Gasteiger partial charge in [-0.3, -0.25) is 4.79 Å². The van der Waals surface area contributed by atoms with Crippen molar-refractivity contribution < 1.29 is 14.6 Å². The first-order valence-corrected chi connectivity index (χ1v) is 8.18. The summed E-state index contributed by atoms with van der Waals surface area (Å²) in [6.45, 7) is 4.87. The standard InChI is InChI=1S/C18H26O3/c1-3-5-7-13-11-14(8-6-4-2)17-16(12-13)15(18(19)20)9-10-21-17/h11-12,15H,3-10H2,1-2H3,(H,19,20). The van der Waals surface area contributed by atoms with Crippen molar-refractivity contribution in [2.45, 2.75) is 64.7 Å². The maximum atomic E-state index is 11.5. The van der Waals surface area contributed by atoms with Gasteiger partial charge in [-0.25, -0.2) is 0 Å². The van der Waals surface area contributed by atoms with Gasteiger partial charge in [-0.2, -0.15) is 0 Å². The van der Waals surface area contributed by atoms with E-state index in [1.807, 2.05) is 0 Å². The first-order chi connectivity index (χ1) is 10.2. The third kappa shape index (κ3) is 3.78. The number of rotatable bonds is 7.